The molecule has 2 N–H and O–H groups in total. The highest BCUT2D eigenvalue weighted by Crippen LogP contribution is 2.30. The Kier molecular flexibility index (Phi) is 4.54. The maximum absolute atomic E-state index is 13.0. The molecule has 22 heavy (non-hydrogen) atoms. The number of alkyl halides is 3. The van der Waals surface area contributed by atoms with Crippen LogP contribution in [-0.4, -0.2) is 16.0 Å². The lowest BCUT2D eigenvalue weighted by Crippen LogP contribution is -2.17. The van der Waals surface area contributed by atoms with Crippen LogP contribution in [0.1, 0.15) is 25.1 Å². The molecule has 0 unspecified atom stereocenters. The van der Waals surface area contributed by atoms with Gasteiger partial charge in [0, 0.05) is 17.8 Å². The topological polar surface area (TPSA) is 49.8 Å². The fourth-order valence-electron chi connectivity index (χ4n) is 1.83. The lowest BCUT2D eigenvalue weighted by atomic mass is 10.2. The van der Waals surface area contributed by atoms with E-state index in [1.165, 1.54) is 0 Å². The lowest BCUT2D eigenvalue weighted by molar-refractivity contribution is -0.141. The summed E-state index contributed by atoms with van der Waals surface area (Å²) in [6.45, 7) is 5.47. The zero-order valence-electron chi connectivity index (χ0n) is 12.5. The normalized spacial score (nSPS) is 11.6. The molecule has 0 saturated carbocycles. The van der Waals surface area contributed by atoms with Crippen molar-refractivity contribution >= 4 is 17.5 Å². The van der Waals surface area contributed by atoms with E-state index in [0.717, 1.165) is 11.6 Å². The molecule has 7 heteroatoms. The van der Waals surface area contributed by atoms with Gasteiger partial charge < -0.3 is 10.6 Å². The van der Waals surface area contributed by atoms with E-state index < -0.39 is 11.9 Å². The highest BCUT2D eigenvalue weighted by molar-refractivity contribution is 5.61. The number of aromatic nitrogens is 2. The molecule has 2 rings (SSSR count). The molecule has 0 atom stereocenters. The summed E-state index contributed by atoms with van der Waals surface area (Å²) < 4.78 is 38.9. The molecule has 0 aliphatic carbocycles. The van der Waals surface area contributed by atoms with Crippen LogP contribution in [0.2, 0.25) is 0 Å². The molecular weight excluding hydrogens is 293 g/mol. The van der Waals surface area contributed by atoms with Gasteiger partial charge in [0.2, 0.25) is 5.95 Å². The van der Waals surface area contributed by atoms with Gasteiger partial charge in [-0.25, -0.2) is 4.98 Å². The van der Waals surface area contributed by atoms with Crippen LogP contribution < -0.4 is 10.6 Å². The minimum absolute atomic E-state index is 0.0547. The van der Waals surface area contributed by atoms with E-state index in [1.807, 2.05) is 19.1 Å². The maximum atomic E-state index is 13.0. The van der Waals surface area contributed by atoms with Gasteiger partial charge in [0.15, 0.2) is 5.69 Å². The Labute approximate surface area is 126 Å². The number of hydrogen-bond acceptors (Lipinski definition) is 4. The number of halogens is 3. The zero-order chi connectivity index (χ0) is 16.3. The predicted molar refractivity (Wildman–Crippen MR) is 80.3 cm³/mol. The van der Waals surface area contributed by atoms with Crippen LogP contribution in [0.15, 0.2) is 30.3 Å². The highest BCUT2D eigenvalue weighted by Gasteiger charge is 2.33. The van der Waals surface area contributed by atoms with Crippen molar-refractivity contribution in [2.45, 2.75) is 33.0 Å². The molecule has 1 heterocycles. The number of aryl methyl sites for hydroxylation is 1. The molecule has 0 aliphatic heterocycles. The largest absolute Gasteiger partial charge is 0.433 e. The molecular formula is C15H17F3N4. The lowest BCUT2D eigenvalue weighted by Gasteiger charge is -2.15. The van der Waals surface area contributed by atoms with Crippen LogP contribution in [-0.2, 0) is 6.18 Å². The second-order valence-corrected chi connectivity index (χ2v) is 5.20. The van der Waals surface area contributed by atoms with E-state index in [0.29, 0.717) is 5.69 Å². The van der Waals surface area contributed by atoms with Crippen LogP contribution in [0.5, 0.6) is 0 Å². The van der Waals surface area contributed by atoms with Gasteiger partial charge >= 0.3 is 6.18 Å². The first-order valence-electron chi connectivity index (χ1n) is 6.81. The summed E-state index contributed by atoms with van der Waals surface area (Å²) in [5.41, 5.74) is 0.625. The number of para-hydroxylation sites is 1. The van der Waals surface area contributed by atoms with E-state index in [9.17, 15) is 13.2 Å². The fourth-order valence-corrected chi connectivity index (χ4v) is 1.83. The summed E-state index contributed by atoms with van der Waals surface area (Å²) in [5.74, 6) is 0.0423. The second-order valence-electron chi connectivity index (χ2n) is 5.20. The fraction of sp³-hybridized carbons (Fsp3) is 0.333. The molecule has 0 amide bonds. The third-order valence-electron chi connectivity index (χ3n) is 2.84. The molecule has 118 valence electrons. The van der Waals surface area contributed by atoms with Crippen molar-refractivity contribution in [3.8, 4) is 0 Å². The quantitative estimate of drug-likeness (QED) is 0.880. The van der Waals surface area contributed by atoms with Crippen molar-refractivity contribution in [1.29, 1.82) is 0 Å². The Morgan fingerprint density at radius 1 is 1.09 bits per heavy atom. The zero-order valence-corrected chi connectivity index (χ0v) is 12.5. The number of nitrogens with one attached hydrogen (secondary N) is 2. The summed E-state index contributed by atoms with van der Waals surface area (Å²) in [4.78, 5) is 7.61. The Morgan fingerprint density at radius 3 is 2.36 bits per heavy atom. The van der Waals surface area contributed by atoms with Gasteiger partial charge in [-0.05, 0) is 32.4 Å². The van der Waals surface area contributed by atoms with Crippen molar-refractivity contribution < 1.29 is 13.2 Å². The Balaban J connectivity index is 2.39. The van der Waals surface area contributed by atoms with E-state index in [-0.39, 0.29) is 17.8 Å². The Hall–Kier alpha value is -2.31. The van der Waals surface area contributed by atoms with Crippen LogP contribution in [0, 0.1) is 6.92 Å². The van der Waals surface area contributed by atoms with Gasteiger partial charge in [-0.3, -0.25) is 0 Å². The summed E-state index contributed by atoms with van der Waals surface area (Å²) in [6, 6.07) is 8.12. The third kappa shape index (κ3) is 4.09. The molecule has 1 aromatic carbocycles. The van der Waals surface area contributed by atoms with Gasteiger partial charge in [-0.1, -0.05) is 18.2 Å². The van der Waals surface area contributed by atoms with E-state index in [1.54, 1.807) is 26.0 Å². The standard InChI is InChI=1S/C15H17F3N4/c1-9(2)19-14-21-12(15(16,17)18)8-13(22-14)20-11-7-5-4-6-10(11)3/h4-9H,1-3H3,(H2,19,20,21,22). The van der Waals surface area contributed by atoms with E-state index in [4.69, 9.17) is 0 Å². The van der Waals surface area contributed by atoms with Crippen molar-refractivity contribution in [1.82, 2.24) is 9.97 Å². The predicted octanol–water partition coefficient (Wildman–Crippen LogP) is 4.37. The van der Waals surface area contributed by atoms with Gasteiger partial charge in [-0.15, -0.1) is 0 Å². The first-order valence-corrected chi connectivity index (χ1v) is 6.81. The summed E-state index contributed by atoms with van der Waals surface area (Å²) in [5, 5.41) is 5.70. The second kappa shape index (κ2) is 6.21. The number of anilines is 3. The molecule has 0 spiro atoms. The molecule has 0 bridgehead atoms. The highest BCUT2D eigenvalue weighted by atomic mass is 19.4. The summed E-state index contributed by atoms with van der Waals surface area (Å²) in [7, 11) is 0. The number of benzene rings is 1. The van der Waals surface area contributed by atoms with Gasteiger partial charge in [0.25, 0.3) is 0 Å². The van der Waals surface area contributed by atoms with Crippen molar-refractivity contribution in [2.24, 2.45) is 0 Å². The number of nitrogens with zero attached hydrogens (tertiary/aromatic N) is 2. The van der Waals surface area contributed by atoms with Crippen LogP contribution in [0.25, 0.3) is 0 Å². The summed E-state index contributed by atoms with van der Waals surface area (Å²) >= 11 is 0. The minimum Gasteiger partial charge on any atom is -0.352 e. The Bertz CT molecular complexity index is 653. The molecule has 0 saturated heterocycles. The first-order chi connectivity index (χ1) is 10.3. The van der Waals surface area contributed by atoms with Gasteiger partial charge in [0.05, 0.1) is 0 Å². The van der Waals surface area contributed by atoms with E-state index >= 15 is 0 Å². The number of rotatable bonds is 4. The van der Waals surface area contributed by atoms with Crippen molar-refractivity contribution in [2.75, 3.05) is 10.6 Å². The third-order valence-corrected chi connectivity index (χ3v) is 2.84. The van der Waals surface area contributed by atoms with Crippen molar-refractivity contribution in [3.05, 3.63) is 41.6 Å². The van der Waals surface area contributed by atoms with Gasteiger partial charge in [-0.2, -0.15) is 18.2 Å². The molecule has 0 fully saturated rings. The molecule has 1 aromatic heterocycles. The van der Waals surface area contributed by atoms with E-state index in [2.05, 4.69) is 20.6 Å². The SMILES string of the molecule is Cc1ccccc1Nc1cc(C(F)(F)F)nc(NC(C)C)n1. The summed E-state index contributed by atoms with van der Waals surface area (Å²) in [6.07, 6.45) is -4.53. The van der Waals surface area contributed by atoms with Gasteiger partial charge in [0.1, 0.15) is 5.82 Å². The maximum Gasteiger partial charge on any atom is 0.433 e. The van der Waals surface area contributed by atoms with Crippen LogP contribution >= 0.6 is 0 Å². The average Bonchev–Trinajstić information content (AvgIpc) is 2.39. The average molecular weight is 310 g/mol. The minimum atomic E-state index is -4.53. The number of hydrogen-bond donors (Lipinski definition) is 2. The monoisotopic (exact) mass is 310 g/mol. The van der Waals surface area contributed by atoms with Crippen molar-refractivity contribution in [3.63, 3.8) is 0 Å². The van der Waals surface area contributed by atoms with Crippen LogP contribution in [0.4, 0.5) is 30.6 Å². The Morgan fingerprint density at radius 2 is 1.77 bits per heavy atom. The molecule has 0 aliphatic rings. The molecule has 0 radical (unpaired) electrons. The van der Waals surface area contributed by atoms with Crippen LogP contribution in [0.3, 0.4) is 0 Å². The first kappa shape index (κ1) is 16.1. The molecule has 4 nitrogen and oxygen atoms in total. The molecule has 2 aromatic rings. The smallest absolute Gasteiger partial charge is 0.352 e.